The standard InChI is InChI=1S/C13H14F3NO5/c14-13(15,16)7-22-9-3-1-8(2-4-9)11(19)17-6-5-10(18)12(20)21/h1-4,10,18H,5-7H2,(H,17,19)(H,20,21)/t10-/m0/s1. The van der Waals surface area contributed by atoms with Crippen molar-refractivity contribution in [2.24, 2.45) is 0 Å². The van der Waals surface area contributed by atoms with Crippen LogP contribution < -0.4 is 10.1 Å². The number of ether oxygens (including phenoxy) is 1. The van der Waals surface area contributed by atoms with E-state index in [-0.39, 0.29) is 24.3 Å². The van der Waals surface area contributed by atoms with Crippen LogP contribution in [0.5, 0.6) is 5.75 Å². The van der Waals surface area contributed by atoms with E-state index in [0.29, 0.717) is 0 Å². The summed E-state index contributed by atoms with van der Waals surface area (Å²) in [7, 11) is 0. The first kappa shape index (κ1) is 17.8. The fourth-order valence-electron chi connectivity index (χ4n) is 1.42. The molecular formula is C13H14F3NO5. The van der Waals surface area contributed by atoms with Crippen LogP contribution in [0.25, 0.3) is 0 Å². The number of hydrogen-bond acceptors (Lipinski definition) is 4. The molecule has 0 aliphatic carbocycles. The van der Waals surface area contributed by atoms with E-state index >= 15 is 0 Å². The second-order valence-electron chi connectivity index (χ2n) is 4.33. The van der Waals surface area contributed by atoms with E-state index in [9.17, 15) is 22.8 Å². The third kappa shape index (κ3) is 6.44. The van der Waals surface area contributed by atoms with Crippen LogP contribution in [-0.4, -0.2) is 47.5 Å². The Hall–Kier alpha value is -2.29. The van der Waals surface area contributed by atoms with Gasteiger partial charge in [0.05, 0.1) is 0 Å². The topological polar surface area (TPSA) is 95.9 Å². The fraction of sp³-hybridized carbons (Fsp3) is 0.385. The van der Waals surface area contributed by atoms with Crippen LogP contribution in [-0.2, 0) is 4.79 Å². The quantitative estimate of drug-likeness (QED) is 0.701. The highest BCUT2D eigenvalue weighted by Gasteiger charge is 2.28. The average Bonchev–Trinajstić information content (AvgIpc) is 2.44. The number of aliphatic hydroxyl groups excluding tert-OH is 1. The summed E-state index contributed by atoms with van der Waals surface area (Å²) >= 11 is 0. The summed E-state index contributed by atoms with van der Waals surface area (Å²) in [5.41, 5.74) is 0.171. The van der Waals surface area contributed by atoms with Crippen molar-refractivity contribution in [2.45, 2.75) is 18.7 Å². The molecule has 0 heterocycles. The molecule has 6 nitrogen and oxygen atoms in total. The van der Waals surface area contributed by atoms with Gasteiger partial charge in [0.25, 0.3) is 5.91 Å². The van der Waals surface area contributed by atoms with Gasteiger partial charge in [0.15, 0.2) is 12.7 Å². The van der Waals surface area contributed by atoms with Crippen molar-refractivity contribution in [3.8, 4) is 5.75 Å². The zero-order valence-electron chi connectivity index (χ0n) is 11.3. The van der Waals surface area contributed by atoms with E-state index in [2.05, 4.69) is 10.1 Å². The number of amides is 1. The molecule has 1 atom stereocenters. The number of alkyl halides is 3. The predicted molar refractivity (Wildman–Crippen MR) is 68.6 cm³/mol. The zero-order valence-corrected chi connectivity index (χ0v) is 11.3. The van der Waals surface area contributed by atoms with Crippen LogP contribution in [0.3, 0.4) is 0 Å². The lowest BCUT2D eigenvalue weighted by Crippen LogP contribution is -2.30. The largest absolute Gasteiger partial charge is 0.484 e. The van der Waals surface area contributed by atoms with Gasteiger partial charge < -0.3 is 20.3 Å². The van der Waals surface area contributed by atoms with Crippen molar-refractivity contribution in [3.63, 3.8) is 0 Å². The lowest BCUT2D eigenvalue weighted by atomic mass is 10.2. The van der Waals surface area contributed by atoms with Gasteiger partial charge in [-0.15, -0.1) is 0 Å². The Morgan fingerprint density at radius 3 is 2.32 bits per heavy atom. The third-order valence-electron chi connectivity index (χ3n) is 2.51. The Morgan fingerprint density at radius 1 is 1.23 bits per heavy atom. The van der Waals surface area contributed by atoms with Gasteiger partial charge in [-0.05, 0) is 24.3 Å². The number of carboxylic acids is 1. The molecule has 0 fully saturated rings. The van der Waals surface area contributed by atoms with Crippen molar-refractivity contribution in [1.82, 2.24) is 5.32 Å². The molecule has 0 spiro atoms. The molecule has 0 bridgehead atoms. The maximum atomic E-state index is 12.0. The fourth-order valence-corrected chi connectivity index (χ4v) is 1.42. The smallest absolute Gasteiger partial charge is 0.422 e. The van der Waals surface area contributed by atoms with Crippen molar-refractivity contribution in [1.29, 1.82) is 0 Å². The molecule has 1 rings (SSSR count). The van der Waals surface area contributed by atoms with Crippen molar-refractivity contribution < 1.29 is 37.7 Å². The normalized spacial score (nSPS) is 12.5. The van der Waals surface area contributed by atoms with Gasteiger partial charge >= 0.3 is 12.1 Å². The Morgan fingerprint density at radius 2 is 1.82 bits per heavy atom. The Labute approximate surface area is 123 Å². The number of nitrogens with one attached hydrogen (secondary N) is 1. The molecule has 122 valence electrons. The van der Waals surface area contributed by atoms with Gasteiger partial charge in [0, 0.05) is 18.5 Å². The molecule has 1 aromatic carbocycles. The van der Waals surface area contributed by atoms with Crippen LogP contribution in [0.15, 0.2) is 24.3 Å². The molecule has 0 aromatic heterocycles. The molecule has 0 saturated carbocycles. The molecule has 0 unspecified atom stereocenters. The first-order valence-electron chi connectivity index (χ1n) is 6.18. The number of halogens is 3. The maximum Gasteiger partial charge on any atom is 0.422 e. The number of carboxylic acid groups (broad SMARTS) is 1. The van der Waals surface area contributed by atoms with Crippen LogP contribution in [0.1, 0.15) is 16.8 Å². The SMILES string of the molecule is O=C(NCC[C@H](O)C(=O)O)c1ccc(OCC(F)(F)F)cc1. The highest BCUT2D eigenvalue weighted by atomic mass is 19.4. The number of aliphatic carboxylic acids is 1. The predicted octanol–water partition coefficient (Wildman–Crippen LogP) is 1.19. The second kappa shape index (κ2) is 7.64. The minimum absolute atomic E-state index is 0.0322. The van der Waals surface area contributed by atoms with Gasteiger partial charge in [-0.1, -0.05) is 0 Å². The first-order valence-corrected chi connectivity index (χ1v) is 6.18. The van der Waals surface area contributed by atoms with Gasteiger partial charge in [-0.2, -0.15) is 13.2 Å². The number of benzene rings is 1. The number of aliphatic hydroxyl groups is 1. The summed E-state index contributed by atoms with van der Waals surface area (Å²) in [5, 5.41) is 19.8. The van der Waals surface area contributed by atoms with Gasteiger partial charge in [0.1, 0.15) is 5.75 Å². The summed E-state index contributed by atoms with van der Waals surface area (Å²) in [6.45, 7) is -1.48. The van der Waals surface area contributed by atoms with Crippen LogP contribution in [0.4, 0.5) is 13.2 Å². The molecule has 3 N–H and O–H groups in total. The van der Waals surface area contributed by atoms with Crippen molar-refractivity contribution >= 4 is 11.9 Å². The Kier molecular flexibility index (Phi) is 6.17. The van der Waals surface area contributed by atoms with Crippen molar-refractivity contribution in [2.75, 3.05) is 13.2 Å². The minimum atomic E-state index is -4.44. The summed E-state index contributed by atoms with van der Waals surface area (Å²) in [6.07, 6.45) is -6.17. The maximum absolute atomic E-state index is 12.0. The summed E-state index contributed by atoms with van der Waals surface area (Å²) in [4.78, 5) is 22.0. The van der Waals surface area contributed by atoms with Gasteiger partial charge in [-0.25, -0.2) is 4.79 Å². The summed E-state index contributed by atoms with van der Waals surface area (Å²) in [6, 6.07) is 4.98. The molecule has 1 amide bonds. The second-order valence-corrected chi connectivity index (χ2v) is 4.33. The first-order chi connectivity index (χ1) is 10.2. The number of carbonyl (C=O) groups is 2. The molecule has 1 aromatic rings. The van der Waals surface area contributed by atoms with E-state index in [1.165, 1.54) is 24.3 Å². The summed E-state index contributed by atoms with van der Waals surface area (Å²) < 4.78 is 40.4. The third-order valence-corrected chi connectivity index (χ3v) is 2.51. The van der Waals surface area contributed by atoms with E-state index in [1.54, 1.807) is 0 Å². The van der Waals surface area contributed by atoms with E-state index in [0.717, 1.165) is 0 Å². The minimum Gasteiger partial charge on any atom is -0.484 e. The van der Waals surface area contributed by atoms with Crippen LogP contribution in [0, 0.1) is 0 Å². The molecule has 22 heavy (non-hydrogen) atoms. The Balaban J connectivity index is 2.45. The van der Waals surface area contributed by atoms with Gasteiger partial charge in [-0.3, -0.25) is 4.79 Å². The monoisotopic (exact) mass is 321 g/mol. The molecule has 0 aliphatic heterocycles. The average molecular weight is 321 g/mol. The van der Waals surface area contributed by atoms with Crippen LogP contribution in [0.2, 0.25) is 0 Å². The number of rotatable bonds is 7. The highest BCUT2D eigenvalue weighted by molar-refractivity contribution is 5.94. The number of carbonyl (C=O) groups excluding carboxylic acids is 1. The zero-order chi connectivity index (χ0) is 16.8. The Bertz CT molecular complexity index is 515. The molecular weight excluding hydrogens is 307 g/mol. The van der Waals surface area contributed by atoms with Crippen molar-refractivity contribution in [3.05, 3.63) is 29.8 Å². The number of hydrogen-bond donors (Lipinski definition) is 3. The summed E-state index contributed by atoms with van der Waals surface area (Å²) in [5.74, 6) is -1.96. The molecule has 0 saturated heterocycles. The van der Waals surface area contributed by atoms with E-state index < -0.39 is 30.8 Å². The molecule has 0 radical (unpaired) electrons. The van der Waals surface area contributed by atoms with E-state index in [1.807, 2.05) is 0 Å². The molecule has 0 aliphatic rings. The lowest BCUT2D eigenvalue weighted by molar-refractivity contribution is -0.153. The van der Waals surface area contributed by atoms with E-state index in [4.69, 9.17) is 10.2 Å². The van der Waals surface area contributed by atoms with Crippen LogP contribution >= 0.6 is 0 Å². The van der Waals surface area contributed by atoms with Gasteiger partial charge in [0.2, 0.25) is 0 Å². The molecule has 9 heteroatoms. The highest BCUT2D eigenvalue weighted by Crippen LogP contribution is 2.18. The lowest BCUT2D eigenvalue weighted by Gasteiger charge is -2.10.